The van der Waals surface area contributed by atoms with E-state index < -0.39 is 5.91 Å². The second-order valence-electron chi connectivity index (χ2n) is 5.50. The lowest BCUT2D eigenvalue weighted by atomic mass is 10.1. The maximum Gasteiger partial charge on any atom is 0.291 e. The smallest absolute Gasteiger partial charge is 0.291 e. The molecule has 0 saturated heterocycles. The maximum absolute atomic E-state index is 12.7. The van der Waals surface area contributed by atoms with Gasteiger partial charge in [0.05, 0.1) is 18.4 Å². The van der Waals surface area contributed by atoms with Crippen molar-refractivity contribution in [3.63, 3.8) is 0 Å². The average Bonchev–Trinajstić information content (AvgIpc) is 2.97. The van der Waals surface area contributed by atoms with Gasteiger partial charge in [-0.25, -0.2) is 0 Å². The number of para-hydroxylation sites is 1. The van der Waals surface area contributed by atoms with E-state index in [9.17, 15) is 9.59 Å². The Balaban J connectivity index is 1.96. The third kappa shape index (κ3) is 3.06. The first-order valence-corrected chi connectivity index (χ1v) is 7.74. The van der Waals surface area contributed by atoms with Gasteiger partial charge in [-0.2, -0.15) is 0 Å². The van der Waals surface area contributed by atoms with E-state index >= 15 is 0 Å². The van der Waals surface area contributed by atoms with Gasteiger partial charge in [-0.1, -0.05) is 12.1 Å². The van der Waals surface area contributed by atoms with Crippen LogP contribution in [0, 0.1) is 6.92 Å². The first kappa shape index (κ1) is 16.6. The number of aryl methyl sites for hydroxylation is 1. The molecule has 0 radical (unpaired) electrons. The van der Waals surface area contributed by atoms with Gasteiger partial charge in [-0.3, -0.25) is 9.59 Å². The molecule has 0 atom stereocenters. The Morgan fingerprint density at radius 2 is 1.84 bits per heavy atom. The number of benzene rings is 2. The van der Waals surface area contributed by atoms with Crippen molar-refractivity contribution in [2.75, 3.05) is 19.5 Å². The van der Waals surface area contributed by atoms with Crippen LogP contribution in [0.4, 0.5) is 5.69 Å². The zero-order chi connectivity index (χ0) is 18.0. The van der Waals surface area contributed by atoms with Crippen LogP contribution < -0.4 is 15.4 Å². The van der Waals surface area contributed by atoms with E-state index in [1.54, 1.807) is 43.5 Å². The molecule has 3 rings (SSSR count). The maximum atomic E-state index is 12.7. The molecule has 3 aromatic rings. The van der Waals surface area contributed by atoms with Crippen molar-refractivity contribution >= 4 is 28.5 Å². The standard InChI is InChI=1S/C19H18N2O4/c1-11-14-10-12(24-3)8-9-16(14)25-17(11)19(23)21-15-7-5-4-6-13(15)18(22)20-2/h4-10H,1-3H3,(H,20,22)(H,21,23). The number of furan rings is 1. The number of nitrogens with one attached hydrogen (secondary N) is 2. The number of fused-ring (bicyclic) bond motifs is 1. The molecule has 128 valence electrons. The Bertz CT molecular complexity index is 959. The SMILES string of the molecule is CNC(=O)c1ccccc1NC(=O)c1oc2ccc(OC)cc2c1C. The number of rotatable bonds is 4. The molecule has 0 unspecified atom stereocenters. The van der Waals surface area contributed by atoms with Gasteiger partial charge in [0.15, 0.2) is 5.76 Å². The second kappa shape index (κ2) is 6.68. The number of hydrogen-bond donors (Lipinski definition) is 2. The number of anilines is 1. The third-order valence-electron chi connectivity index (χ3n) is 4.00. The van der Waals surface area contributed by atoms with Crippen LogP contribution in [0.15, 0.2) is 46.9 Å². The van der Waals surface area contributed by atoms with Crippen LogP contribution in [0.5, 0.6) is 5.75 Å². The van der Waals surface area contributed by atoms with Gasteiger partial charge < -0.3 is 19.8 Å². The molecule has 0 saturated carbocycles. The highest BCUT2D eigenvalue weighted by Gasteiger charge is 2.20. The normalized spacial score (nSPS) is 10.5. The summed E-state index contributed by atoms with van der Waals surface area (Å²) in [5.41, 5.74) is 2.12. The van der Waals surface area contributed by atoms with Crippen LogP contribution in [0.1, 0.15) is 26.5 Å². The van der Waals surface area contributed by atoms with E-state index in [0.29, 0.717) is 28.1 Å². The molecule has 25 heavy (non-hydrogen) atoms. The van der Waals surface area contributed by atoms with E-state index in [1.807, 2.05) is 13.0 Å². The minimum absolute atomic E-state index is 0.204. The number of hydrogen-bond acceptors (Lipinski definition) is 4. The topological polar surface area (TPSA) is 80.6 Å². The molecule has 0 fully saturated rings. The van der Waals surface area contributed by atoms with Gasteiger partial charge in [-0.15, -0.1) is 0 Å². The van der Waals surface area contributed by atoms with Crippen LogP contribution in [-0.2, 0) is 0 Å². The quantitative estimate of drug-likeness (QED) is 0.764. The number of amides is 2. The molecule has 0 aliphatic rings. The zero-order valence-electron chi connectivity index (χ0n) is 14.2. The Labute approximate surface area is 144 Å². The summed E-state index contributed by atoms with van der Waals surface area (Å²) >= 11 is 0. The summed E-state index contributed by atoms with van der Waals surface area (Å²) in [4.78, 5) is 24.6. The highest BCUT2D eigenvalue weighted by molar-refractivity contribution is 6.10. The van der Waals surface area contributed by atoms with Gasteiger partial charge in [-0.05, 0) is 37.3 Å². The highest BCUT2D eigenvalue weighted by Crippen LogP contribution is 2.29. The van der Waals surface area contributed by atoms with E-state index in [-0.39, 0.29) is 11.7 Å². The molecule has 0 aliphatic heterocycles. The Hall–Kier alpha value is -3.28. The van der Waals surface area contributed by atoms with Crippen molar-refractivity contribution in [1.29, 1.82) is 0 Å². The largest absolute Gasteiger partial charge is 0.497 e. The van der Waals surface area contributed by atoms with Crippen LogP contribution in [0.3, 0.4) is 0 Å². The lowest BCUT2D eigenvalue weighted by Gasteiger charge is -2.09. The van der Waals surface area contributed by atoms with Gasteiger partial charge in [0, 0.05) is 18.0 Å². The number of ether oxygens (including phenoxy) is 1. The molecule has 2 aromatic carbocycles. The predicted molar refractivity (Wildman–Crippen MR) is 95.3 cm³/mol. The summed E-state index contributed by atoms with van der Waals surface area (Å²) in [6, 6.07) is 12.2. The summed E-state index contributed by atoms with van der Waals surface area (Å²) < 4.78 is 10.9. The van der Waals surface area contributed by atoms with Crippen molar-refractivity contribution in [2.24, 2.45) is 0 Å². The summed E-state index contributed by atoms with van der Waals surface area (Å²) in [7, 11) is 3.12. The first-order valence-electron chi connectivity index (χ1n) is 7.74. The van der Waals surface area contributed by atoms with Crippen LogP contribution in [0.25, 0.3) is 11.0 Å². The molecular weight excluding hydrogens is 320 g/mol. The molecule has 0 aliphatic carbocycles. The second-order valence-corrected chi connectivity index (χ2v) is 5.50. The Kier molecular flexibility index (Phi) is 4.43. The summed E-state index contributed by atoms with van der Waals surface area (Å²) in [5.74, 6) is 0.203. The summed E-state index contributed by atoms with van der Waals surface area (Å²) in [6.45, 7) is 1.81. The van der Waals surface area contributed by atoms with Crippen molar-refractivity contribution in [3.8, 4) is 5.75 Å². The van der Waals surface area contributed by atoms with Gasteiger partial charge in [0.25, 0.3) is 11.8 Å². The van der Waals surface area contributed by atoms with Gasteiger partial charge in [0.2, 0.25) is 0 Å². The minimum atomic E-state index is -0.413. The van der Waals surface area contributed by atoms with E-state index in [4.69, 9.17) is 9.15 Å². The lowest BCUT2D eigenvalue weighted by molar-refractivity contribution is 0.0964. The van der Waals surface area contributed by atoms with Crippen LogP contribution in [-0.4, -0.2) is 26.0 Å². The Morgan fingerprint density at radius 3 is 2.56 bits per heavy atom. The molecule has 0 spiro atoms. The molecule has 0 bridgehead atoms. The molecule has 2 N–H and O–H groups in total. The van der Waals surface area contributed by atoms with Crippen molar-refractivity contribution < 1.29 is 18.7 Å². The van der Waals surface area contributed by atoms with E-state index in [0.717, 1.165) is 5.39 Å². The number of methoxy groups -OCH3 is 1. The highest BCUT2D eigenvalue weighted by atomic mass is 16.5. The lowest BCUT2D eigenvalue weighted by Crippen LogP contribution is -2.21. The number of carbonyl (C=O) groups is 2. The summed E-state index contributed by atoms with van der Waals surface area (Å²) in [5, 5.41) is 6.11. The number of carbonyl (C=O) groups excluding carboxylic acids is 2. The summed E-state index contributed by atoms with van der Waals surface area (Å²) in [6.07, 6.45) is 0. The van der Waals surface area contributed by atoms with Gasteiger partial charge in [0.1, 0.15) is 11.3 Å². The van der Waals surface area contributed by atoms with Crippen molar-refractivity contribution in [1.82, 2.24) is 5.32 Å². The first-order chi connectivity index (χ1) is 12.0. The fourth-order valence-electron chi connectivity index (χ4n) is 2.65. The fourth-order valence-corrected chi connectivity index (χ4v) is 2.65. The van der Waals surface area contributed by atoms with Crippen molar-refractivity contribution in [2.45, 2.75) is 6.92 Å². The molecular formula is C19H18N2O4. The molecule has 2 amide bonds. The van der Waals surface area contributed by atoms with Gasteiger partial charge >= 0.3 is 0 Å². The van der Waals surface area contributed by atoms with E-state index in [2.05, 4.69) is 10.6 Å². The third-order valence-corrected chi connectivity index (χ3v) is 4.00. The molecule has 6 heteroatoms. The van der Waals surface area contributed by atoms with E-state index in [1.165, 1.54) is 7.05 Å². The molecule has 1 heterocycles. The van der Waals surface area contributed by atoms with Crippen LogP contribution in [0.2, 0.25) is 0 Å². The predicted octanol–water partition coefficient (Wildman–Crippen LogP) is 3.36. The minimum Gasteiger partial charge on any atom is -0.497 e. The molecule has 1 aromatic heterocycles. The average molecular weight is 338 g/mol. The van der Waals surface area contributed by atoms with Crippen molar-refractivity contribution in [3.05, 3.63) is 59.4 Å². The van der Waals surface area contributed by atoms with Crippen LogP contribution >= 0.6 is 0 Å². The fraction of sp³-hybridized carbons (Fsp3) is 0.158. The Morgan fingerprint density at radius 1 is 1.08 bits per heavy atom. The monoisotopic (exact) mass is 338 g/mol. The molecule has 6 nitrogen and oxygen atoms in total. The zero-order valence-corrected chi connectivity index (χ0v) is 14.2.